The van der Waals surface area contributed by atoms with Gasteiger partial charge in [0.15, 0.2) is 11.6 Å². The van der Waals surface area contributed by atoms with Crippen molar-refractivity contribution in [3.63, 3.8) is 0 Å². The summed E-state index contributed by atoms with van der Waals surface area (Å²) in [7, 11) is -2.09. The van der Waals surface area contributed by atoms with Crippen LogP contribution in [0.2, 0.25) is 0 Å². The summed E-state index contributed by atoms with van der Waals surface area (Å²) in [5, 5.41) is 2.90. The van der Waals surface area contributed by atoms with Crippen molar-refractivity contribution in [2.24, 2.45) is 0 Å². The molecule has 0 spiro atoms. The molecule has 2 aromatic carbocycles. The zero-order chi connectivity index (χ0) is 29.5. The van der Waals surface area contributed by atoms with Gasteiger partial charge in [-0.2, -0.15) is 4.98 Å². The molecule has 212 valence electrons. The number of Topliss-reactive ketones (excluding diaryl/α,β-unsaturated/α-hetero) is 1. The molecule has 1 aliphatic heterocycles. The van der Waals surface area contributed by atoms with Gasteiger partial charge < -0.3 is 14.8 Å². The highest BCUT2D eigenvalue weighted by Crippen LogP contribution is 2.38. The van der Waals surface area contributed by atoms with E-state index in [2.05, 4.69) is 20.3 Å². The molecule has 0 amide bonds. The van der Waals surface area contributed by atoms with Crippen LogP contribution in [0.4, 0.5) is 29.1 Å². The highest BCUT2D eigenvalue weighted by molar-refractivity contribution is 7.92. The number of nitrogens with zero attached hydrogens (tertiary/aromatic N) is 3. The predicted octanol–water partition coefficient (Wildman–Crippen LogP) is 4.31. The number of fused-ring (bicyclic) bond motifs is 1. The number of halogens is 4. The number of rotatable bonds is 8. The molecule has 0 saturated carbocycles. The predicted molar refractivity (Wildman–Crippen MR) is 137 cm³/mol. The first kappa shape index (κ1) is 27.8. The van der Waals surface area contributed by atoms with E-state index in [4.69, 9.17) is 9.47 Å². The van der Waals surface area contributed by atoms with Gasteiger partial charge in [-0.15, -0.1) is 0 Å². The normalized spacial score (nSPS) is 14.2. The molecule has 1 atom stereocenters. The Labute approximate surface area is 230 Å². The lowest BCUT2D eigenvalue weighted by atomic mass is 9.91. The van der Waals surface area contributed by atoms with Crippen molar-refractivity contribution in [1.29, 1.82) is 0 Å². The number of hydrogen-bond acceptors (Lipinski definition) is 9. The van der Waals surface area contributed by atoms with Crippen molar-refractivity contribution < 1.29 is 40.2 Å². The minimum atomic E-state index is -4.85. The van der Waals surface area contributed by atoms with Gasteiger partial charge in [0.1, 0.15) is 28.2 Å². The van der Waals surface area contributed by atoms with Gasteiger partial charge in [0.2, 0.25) is 5.88 Å². The van der Waals surface area contributed by atoms with Crippen molar-refractivity contribution >= 4 is 27.3 Å². The number of carbonyl (C=O) groups is 1. The van der Waals surface area contributed by atoms with Gasteiger partial charge in [-0.25, -0.2) is 35.9 Å². The Balaban J connectivity index is 1.50. The van der Waals surface area contributed by atoms with Crippen LogP contribution in [0, 0.1) is 23.3 Å². The maximum atomic E-state index is 15.5. The Morgan fingerprint density at radius 3 is 2.49 bits per heavy atom. The highest BCUT2D eigenvalue weighted by Gasteiger charge is 2.35. The van der Waals surface area contributed by atoms with Crippen LogP contribution in [0.3, 0.4) is 0 Å². The third-order valence-electron chi connectivity index (χ3n) is 6.27. The Kier molecular flexibility index (Phi) is 7.21. The summed E-state index contributed by atoms with van der Waals surface area (Å²) in [4.78, 5) is 24.8. The molecule has 0 fully saturated rings. The van der Waals surface area contributed by atoms with E-state index in [1.54, 1.807) is 10.8 Å². The van der Waals surface area contributed by atoms with E-state index in [-0.39, 0.29) is 18.4 Å². The summed E-state index contributed by atoms with van der Waals surface area (Å²) in [5.74, 6) is -6.83. The number of ether oxygens (including phenoxy) is 2. The summed E-state index contributed by atoms with van der Waals surface area (Å²) < 4.78 is 95.4. The molecular weight excluding hydrogens is 570 g/mol. The first-order chi connectivity index (χ1) is 19.5. The Hall–Kier alpha value is -4.79. The summed E-state index contributed by atoms with van der Waals surface area (Å²) in [5.41, 5.74) is -0.724. The van der Waals surface area contributed by atoms with E-state index in [1.165, 1.54) is 26.6 Å². The number of aromatic nitrogens is 3. The van der Waals surface area contributed by atoms with Gasteiger partial charge in [-0.3, -0.25) is 9.52 Å². The minimum absolute atomic E-state index is 0.0519. The molecule has 15 heteroatoms. The van der Waals surface area contributed by atoms with Crippen molar-refractivity contribution in [2.45, 2.75) is 10.8 Å². The van der Waals surface area contributed by atoms with E-state index in [0.29, 0.717) is 46.8 Å². The maximum absolute atomic E-state index is 15.5. The van der Waals surface area contributed by atoms with Crippen LogP contribution in [0.25, 0.3) is 11.1 Å². The molecule has 10 nitrogen and oxygen atoms in total. The molecule has 0 saturated heterocycles. The van der Waals surface area contributed by atoms with Crippen LogP contribution < -0.4 is 19.5 Å². The van der Waals surface area contributed by atoms with Crippen LogP contribution in [0.15, 0.2) is 53.7 Å². The van der Waals surface area contributed by atoms with Gasteiger partial charge in [-0.05, 0) is 36.4 Å². The Morgan fingerprint density at radius 1 is 1.00 bits per heavy atom. The third kappa shape index (κ3) is 5.11. The summed E-state index contributed by atoms with van der Waals surface area (Å²) in [6, 6.07) is 4.72. The largest absolute Gasteiger partial charge is 0.480 e. The van der Waals surface area contributed by atoms with Crippen molar-refractivity contribution in [2.75, 3.05) is 30.8 Å². The second-order valence-electron chi connectivity index (χ2n) is 8.70. The minimum Gasteiger partial charge on any atom is -0.480 e. The average Bonchev–Trinajstić information content (AvgIpc) is 3.38. The molecule has 1 unspecified atom stereocenters. The second kappa shape index (κ2) is 10.6. The van der Waals surface area contributed by atoms with Crippen LogP contribution in [-0.4, -0.2) is 49.9 Å². The highest BCUT2D eigenvalue weighted by atomic mass is 32.2. The number of benzene rings is 2. The van der Waals surface area contributed by atoms with Gasteiger partial charge in [0.05, 0.1) is 37.0 Å². The fraction of sp³-hybridized carbons (Fsp3) is 0.154. The fourth-order valence-corrected chi connectivity index (χ4v) is 5.45. The molecule has 0 radical (unpaired) electrons. The number of nitrogens with one attached hydrogen (secondary N) is 2. The zero-order valence-electron chi connectivity index (χ0n) is 21.2. The van der Waals surface area contributed by atoms with E-state index < -0.39 is 61.1 Å². The summed E-state index contributed by atoms with van der Waals surface area (Å²) in [6.07, 6.45) is 2.89. The molecule has 0 bridgehead atoms. The number of methoxy groups -OCH3 is 2. The lowest BCUT2D eigenvalue weighted by Crippen LogP contribution is -2.20. The Morgan fingerprint density at radius 2 is 1.76 bits per heavy atom. The molecule has 1 aliphatic rings. The standard InChI is InChI=1S/C26H19F4N5O5S/c1-39-25-15(10-33-26(34-25)40-2)12-7-14-16(11-32-24(14)31-9-12)23(36)21-18(29)5-6-19(22(21)30)35-41(37,38)20-8-13(27)3-4-17(20)28/h3-10,16,35H,11H2,1-2H3,(H,31,32). The number of ketones is 1. The SMILES string of the molecule is COc1ncc(-c2cnc3c(c2)C(C(=O)c2c(F)ccc(NS(=O)(=O)c4cc(F)ccc4F)c2F)CN3)c(OC)n1. The molecule has 0 aliphatic carbocycles. The van der Waals surface area contributed by atoms with Gasteiger partial charge >= 0.3 is 6.01 Å². The van der Waals surface area contributed by atoms with Crippen molar-refractivity contribution in [1.82, 2.24) is 15.0 Å². The summed E-state index contributed by atoms with van der Waals surface area (Å²) >= 11 is 0. The number of anilines is 2. The lowest BCUT2D eigenvalue weighted by Gasteiger charge is -2.15. The molecule has 2 N–H and O–H groups in total. The maximum Gasteiger partial charge on any atom is 0.319 e. The van der Waals surface area contributed by atoms with Crippen LogP contribution in [0.5, 0.6) is 11.9 Å². The van der Waals surface area contributed by atoms with Gasteiger partial charge in [-0.1, -0.05) is 0 Å². The average molecular weight is 590 g/mol. The van der Waals surface area contributed by atoms with E-state index in [0.717, 1.165) is 6.07 Å². The number of pyridine rings is 1. The Bertz CT molecular complexity index is 1810. The molecule has 4 aromatic rings. The molecule has 2 aromatic heterocycles. The number of hydrogen-bond donors (Lipinski definition) is 2. The van der Waals surface area contributed by atoms with Crippen LogP contribution in [-0.2, 0) is 10.0 Å². The van der Waals surface area contributed by atoms with E-state index in [1.807, 2.05) is 0 Å². The van der Waals surface area contributed by atoms with E-state index >= 15 is 4.39 Å². The first-order valence-corrected chi connectivity index (χ1v) is 13.2. The smallest absolute Gasteiger partial charge is 0.319 e. The molecule has 41 heavy (non-hydrogen) atoms. The molecular formula is C26H19F4N5O5S. The monoisotopic (exact) mass is 589 g/mol. The van der Waals surface area contributed by atoms with Crippen LogP contribution in [0.1, 0.15) is 21.8 Å². The topological polar surface area (TPSA) is 132 Å². The third-order valence-corrected chi connectivity index (χ3v) is 7.65. The number of carbonyl (C=O) groups excluding carboxylic acids is 1. The van der Waals surface area contributed by atoms with E-state index in [9.17, 15) is 26.4 Å². The van der Waals surface area contributed by atoms with Gasteiger partial charge in [0, 0.05) is 30.1 Å². The van der Waals surface area contributed by atoms with Crippen molar-refractivity contribution in [3.05, 3.63) is 83.2 Å². The second-order valence-corrected chi connectivity index (χ2v) is 10.4. The first-order valence-electron chi connectivity index (χ1n) is 11.7. The quantitative estimate of drug-likeness (QED) is 0.228. The molecule has 3 heterocycles. The van der Waals surface area contributed by atoms with Gasteiger partial charge in [0.25, 0.3) is 10.0 Å². The van der Waals surface area contributed by atoms with Crippen molar-refractivity contribution in [3.8, 4) is 23.0 Å². The lowest BCUT2D eigenvalue weighted by molar-refractivity contribution is 0.0958. The molecule has 5 rings (SSSR count). The zero-order valence-corrected chi connectivity index (χ0v) is 22.0. The number of sulfonamides is 1. The fourth-order valence-electron chi connectivity index (χ4n) is 4.30. The van der Waals surface area contributed by atoms with Crippen LogP contribution >= 0.6 is 0 Å². The summed E-state index contributed by atoms with van der Waals surface area (Å²) in [6.45, 7) is -0.0653.